The van der Waals surface area contributed by atoms with Crippen molar-refractivity contribution in [3.05, 3.63) is 42.2 Å². The molecule has 0 radical (unpaired) electrons. The molecule has 5 heteroatoms. The van der Waals surface area contributed by atoms with Gasteiger partial charge in [0.2, 0.25) is 0 Å². The van der Waals surface area contributed by atoms with Crippen LogP contribution in [0.1, 0.15) is 24.7 Å². The van der Waals surface area contributed by atoms with E-state index in [1.54, 1.807) is 7.11 Å². The first-order chi connectivity index (χ1) is 9.85. The zero-order valence-electron chi connectivity index (χ0n) is 11.5. The van der Waals surface area contributed by atoms with Gasteiger partial charge in [0.15, 0.2) is 5.76 Å². The number of aliphatic hydroxyl groups excluding tert-OH is 1. The third-order valence-corrected chi connectivity index (χ3v) is 2.93. The Morgan fingerprint density at radius 2 is 2.10 bits per heavy atom. The fourth-order valence-electron chi connectivity index (χ4n) is 1.92. The molecule has 0 spiro atoms. The van der Waals surface area contributed by atoms with E-state index in [1.165, 1.54) is 0 Å². The number of aromatic nitrogens is 1. The number of hydrogen-bond donors (Lipinski definition) is 1. The summed E-state index contributed by atoms with van der Waals surface area (Å²) in [7, 11) is 1.57. The molecule has 1 aromatic heterocycles. The summed E-state index contributed by atoms with van der Waals surface area (Å²) in [5, 5.41) is 13.0. The van der Waals surface area contributed by atoms with Gasteiger partial charge in [0, 0.05) is 25.3 Å². The van der Waals surface area contributed by atoms with Crippen LogP contribution >= 0.6 is 0 Å². The largest absolute Gasteiger partial charge is 0.396 e. The van der Waals surface area contributed by atoms with Crippen LogP contribution in [0.3, 0.4) is 0 Å². The normalized spacial score (nSPS) is 12.5. The molecule has 1 atom stereocenters. The molecule has 1 unspecified atom stereocenters. The van der Waals surface area contributed by atoms with Crippen molar-refractivity contribution in [2.24, 2.45) is 0 Å². The molecule has 2 rings (SSSR count). The minimum absolute atomic E-state index is 0.118. The minimum Gasteiger partial charge on any atom is -0.396 e. The van der Waals surface area contributed by atoms with E-state index in [9.17, 15) is 0 Å². The molecule has 2 aromatic rings. The highest BCUT2D eigenvalue weighted by Gasteiger charge is 2.18. The van der Waals surface area contributed by atoms with Crippen LogP contribution in [0.5, 0.6) is 0 Å². The van der Waals surface area contributed by atoms with Crippen molar-refractivity contribution in [2.45, 2.75) is 18.9 Å². The molecule has 0 aliphatic carbocycles. The van der Waals surface area contributed by atoms with E-state index in [-0.39, 0.29) is 19.5 Å². The molecule has 1 N–H and O–H groups in total. The molecule has 1 aromatic carbocycles. The van der Waals surface area contributed by atoms with E-state index < -0.39 is 0 Å². The summed E-state index contributed by atoms with van der Waals surface area (Å²) in [6, 6.07) is 11.7. The maximum absolute atomic E-state index is 8.94. The van der Waals surface area contributed by atoms with E-state index in [2.05, 4.69) is 5.16 Å². The maximum Gasteiger partial charge on any atom is 0.166 e. The molecule has 0 fully saturated rings. The summed E-state index contributed by atoms with van der Waals surface area (Å²) < 4.78 is 15.8. The molecule has 0 amide bonds. The second-order valence-corrected chi connectivity index (χ2v) is 4.41. The summed E-state index contributed by atoms with van der Waals surface area (Å²) in [4.78, 5) is 0. The van der Waals surface area contributed by atoms with Crippen LogP contribution in [-0.2, 0) is 9.47 Å². The van der Waals surface area contributed by atoms with Gasteiger partial charge in [0.1, 0.15) is 18.6 Å². The van der Waals surface area contributed by atoms with Gasteiger partial charge >= 0.3 is 0 Å². The topological polar surface area (TPSA) is 64.7 Å². The summed E-state index contributed by atoms with van der Waals surface area (Å²) >= 11 is 0. The van der Waals surface area contributed by atoms with E-state index in [1.807, 2.05) is 36.4 Å². The number of benzene rings is 1. The second kappa shape index (κ2) is 7.79. The standard InChI is InChI=1S/C15H19NO4/c1-18-11-19-14(8-5-9-17)15-10-13(16-20-15)12-6-3-2-4-7-12/h2-4,6-7,10,14,17H,5,8-9,11H2,1H3. The highest BCUT2D eigenvalue weighted by atomic mass is 16.7. The summed E-state index contributed by atoms with van der Waals surface area (Å²) in [5.74, 6) is 0.648. The van der Waals surface area contributed by atoms with E-state index in [4.69, 9.17) is 19.1 Å². The Kier molecular flexibility index (Phi) is 5.73. The molecule has 0 bridgehead atoms. The molecule has 1 heterocycles. The zero-order chi connectivity index (χ0) is 14.2. The van der Waals surface area contributed by atoms with Gasteiger partial charge < -0.3 is 19.1 Å². The molecule has 0 saturated carbocycles. The first-order valence-electron chi connectivity index (χ1n) is 6.58. The zero-order valence-corrected chi connectivity index (χ0v) is 11.5. The summed E-state index contributed by atoms with van der Waals surface area (Å²) in [6.07, 6.45) is 1.03. The first-order valence-corrected chi connectivity index (χ1v) is 6.58. The third kappa shape index (κ3) is 3.90. The minimum atomic E-state index is -0.257. The van der Waals surface area contributed by atoms with Crippen LogP contribution in [0.15, 0.2) is 40.9 Å². The van der Waals surface area contributed by atoms with E-state index in [0.29, 0.717) is 18.6 Å². The Balaban J connectivity index is 2.11. The highest BCUT2D eigenvalue weighted by molar-refractivity contribution is 5.58. The average molecular weight is 277 g/mol. The number of rotatable bonds is 8. The molecule has 0 aliphatic rings. The van der Waals surface area contributed by atoms with Crippen LogP contribution in [0.25, 0.3) is 11.3 Å². The van der Waals surface area contributed by atoms with Crippen molar-refractivity contribution in [1.82, 2.24) is 5.16 Å². The van der Waals surface area contributed by atoms with Crippen LogP contribution < -0.4 is 0 Å². The molecular weight excluding hydrogens is 258 g/mol. The Bertz CT molecular complexity index is 490. The number of nitrogens with zero attached hydrogens (tertiary/aromatic N) is 1. The quantitative estimate of drug-likeness (QED) is 0.752. The van der Waals surface area contributed by atoms with Gasteiger partial charge in [-0.15, -0.1) is 0 Å². The number of ether oxygens (including phenoxy) is 2. The third-order valence-electron chi connectivity index (χ3n) is 2.93. The molecule has 0 saturated heterocycles. The Morgan fingerprint density at radius 3 is 2.80 bits per heavy atom. The maximum atomic E-state index is 8.94. The van der Waals surface area contributed by atoms with Crippen LogP contribution in [-0.4, -0.2) is 30.8 Å². The molecular formula is C15H19NO4. The van der Waals surface area contributed by atoms with E-state index in [0.717, 1.165) is 11.3 Å². The van der Waals surface area contributed by atoms with Gasteiger partial charge in [-0.1, -0.05) is 35.5 Å². The lowest BCUT2D eigenvalue weighted by atomic mass is 10.1. The van der Waals surface area contributed by atoms with Gasteiger partial charge in [0.25, 0.3) is 0 Å². The van der Waals surface area contributed by atoms with Crippen molar-refractivity contribution in [1.29, 1.82) is 0 Å². The van der Waals surface area contributed by atoms with Gasteiger partial charge in [-0.05, 0) is 12.8 Å². The van der Waals surface area contributed by atoms with Gasteiger partial charge in [0.05, 0.1) is 0 Å². The summed E-state index contributed by atoms with van der Waals surface area (Å²) in [6.45, 7) is 0.296. The summed E-state index contributed by atoms with van der Waals surface area (Å²) in [5.41, 5.74) is 1.77. The van der Waals surface area contributed by atoms with Gasteiger partial charge in [-0.3, -0.25) is 0 Å². The predicted octanol–water partition coefficient (Wildman–Crippen LogP) is 2.78. The molecule has 108 valence electrons. The van der Waals surface area contributed by atoms with Gasteiger partial charge in [-0.25, -0.2) is 0 Å². The Labute approximate surface area is 118 Å². The number of methoxy groups -OCH3 is 1. The van der Waals surface area contributed by atoms with Crippen molar-refractivity contribution in [3.8, 4) is 11.3 Å². The monoisotopic (exact) mass is 277 g/mol. The SMILES string of the molecule is COCOC(CCCO)c1cc(-c2ccccc2)no1. The van der Waals surface area contributed by atoms with E-state index >= 15 is 0 Å². The Hall–Kier alpha value is -1.69. The second-order valence-electron chi connectivity index (χ2n) is 4.41. The lowest BCUT2D eigenvalue weighted by Gasteiger charge is -2.13. The van der Waals surface area contributed by atoms with Gasteiger partial charge in [-0.2, -0.15) is 0 Å². The van der Waals surface area contributed by atoms with Crippen molar-refractivity contribution >= 4 is 0 Å². The predicted molar refractivity (Wildman–Crippen MR) is 74.0 cm³/mol. The lowest BCUT2D eigenvalue weighted by Crippen LogP contribution is -2.07. The first kappa shape index (κ1) is 14.7. The van der Waals surface area contributed by atoms with Crippen molar-refractivity contribution in [2.75, 3.05) is 20.5 Å². The Morgan fingerprint density at radius 1 is 1.30 bits per heavy atom. The fraction of sp³-hybridized carbons (Fsp3) is 0.400. The molecule has 20 heavy (non-hydrogen) atoms. The van der Waals surface area contributed by atoms with Crippen LogP contribution in [0.4, 0.5) is 0 Å². The van der Waals surface area contributed by atoms with Crippen LogP contribution in [0, 0.1) is 0 Å². The van der Waals surface area contributed by atoms with Crippen molar-refractivity contribution < 1.29 is 19.1 Å². The van der Waals surface area contributed by atoms with Crippen LogP contribution in [0.2, 0.25) is 0 Å². The fourth-order valence-corrected chi connectivity index (χ4v) is 1.92. The highest BCUT2D eigenvalue weighted by Crippen LogP contribution is 2.27. The smallest absolute Gasteiger partial charge is 0.166 e. The lowest BCUT2D eigenvalue weighted by molar-refractivity contribution is -0.0849. The molecule has 5 nitrogen and oxygen atoms in total. The average Bonchev–Trinajstić information content (AvgIpc) is 2.98. The number of hydrogen-bond acceptors (Lipinski definition) is 5. The number of aliphatic hydroxyl groups is 1. The molecule has 0 aliphatic heterocycles. The van der Waals surface area contributed by atoms with Crippen molar-refractivity contribution in [3.63, 3.8) is 0 Å².